The fourth-order valence-corrected chi connectivity index (χ4v) is 0.756. The van der Waals surface area contributed by atoms with Gasteiger partial charge in [0.25, 0.3) is 0 Å². The lowest BCUT2D eigenvalue weighted by molar-refractivity contribution is 0.484. The maximum atomic E-state index is 5.57. The molecule has 0 amide bonds. The molecule has 1 aliphatic rings. The minimum absolute atomic E-state index is 0.648. The van der Waals surface area contributed by atoms with Crippen molar-refractivity contribution in [3.05, 3.63) is 12.3 Å². The topological polar surface area (TPSA) is 15.6 Å². The van der Waals surface area contributed by atoms with Crippen molar-refractivity contribution < 1.29 is 0 Å². The molecule has 1 heterocycles. The Morgan fingerprint density at radius 1 is 1.88 bits per heavy atom. The zero-order valence-electron chi connectivity index (χ0n) is 4.63. The van der Waals surface area contributed by atoms with Gasteiger partial charge < -0.3 is 0 Å². The average Bonchev–Trinajstić information content (AvgIpc) is 1.64. The van der Waals surface area contributed by atoms with E-state index in [0.717, 1.165) is 6.42 Å². The molecule has 8 heavy (non-hydrogen) atoms. The molecule has 0 aromatic carbocycles. The van der Waals surface area contributed by atoms with E-state index >= 15 is 0 Å². The lowest BCUT2D eigenvalue weighted by Crippen LogP contribution is -2.07. The second-order valence-corrected chi connectivity index (χ2v) is 2.08. The van der Waals surface area contributed by atoms with Crippen LogP contribution in [0.15, 0.2) is 17.4 Å². The summed E-state index contributed by atoms with van der Waals surface area (Å²) >= 11 is 5.57. The van der Waals surface area contributed by atoms with Gasteiger partial charge in [0.2, 0.25) is 0 Å². The van der Waals surface area contributed by atoms with Gasteiger partial charge in [-0.2, -0.15) is 5.10 Å². The van der Waals surface area contributed by atoms with E-state index in [1.165, 1.54) is 0 Å². The molecule has 0 N–H and O–H groups in total. The first-order chi connectivity index (χ1) is 3.79. The molecule has 0 bridgehead atoms. The van der Waals surface area contributed by atoms with Gasteiger partial charge in [-0.1, -0.05) is 17.7 Å². The molecule has 1 aliphatic heterocycles. The molecule has 0 atom stereocenters. The van der Waals surface area contributed by atoms with Gasteiger partial charge in [-0.15, -0.1) is 0 Å². The minimum Gasteiger partial charge on any atom is -0.275 e. The van der Waals surface area contributed by atoms with Crippen LogP contribution in [0.2, 0.25) is 0 Å². The molecule has 0 spiro atoms. The minimum atomic E-state index is 0.648. The van der Waals surface area contributed by atoms with Gasteiger partial charge in [-0.3, -0.25) is 5.01 Å². The Kier molecular flexibility index (Phi) is 1.53. The van der Waals surface area contributed by atoms with Gasteiger partial charge in [0.1, 0.15) is 5.17 Å². The number of hydrazone groups is 1. The van der Waals surface area contributed by atoms with Crippen LogP contribution in [0, 0.1) is 0 Å². The SMILES string of the molecule is CN1C=CCC(Cl)=N1. The van der Waals surface area contributed by atoms with Crippen LogP contribution in [0.25, 0.3) is 0 Å². The van der Waals surface area contributed by atoms with Crippen molar-refractivity contribution in [2.75, 3.05) is 7.05 Å². The fraction of sp³-hybridized carbons (Fsp3) is 0.400. The Bertz CT molecular complexity index is 139. The molecule has 0 saturated carbocycles. The summed E-state index contributed by atoms with van der Waals surface area (Å²) < 4.78 is 0. The van der Waals surface area contributed by atoms with Crippen LogP contribution < -0.4 is 0 Å². The summed E-state index contributed by atoms with van der Waals surface area (Å²) in [7, 11) is 1.85. The Labute approximate surface area is 53.4 Å². The van der Waals surface area contributed by atoms with Crippen LogP contribution in [-0.2, 0) is 0 Å². The highest BCUT2D eigenvalue weighted by molar-refractivity contribution is 6.65. The molecule has 3 heteroatoms. The highest BCUT2D eigenvalue weighted by atomic mass is 35.5. The largest absolute Gasteiger partial charge is 0.275 e. The third-order valence-electron chi connectivity index (χ3n) is 0.874. The van der Waals surface area contributed by atoms with Crippen LogP contribution >= 0.6 is 11.6 Å². The molecule has 1 rings (SSSR count). The van der Waals surface area contributed by atoms with Crippen LogP contribution in [-0.4, -0.2) is 17.2 Å². The highest BCUT2D eigenvalue weighted by Gasteiger charge is 1.97. The van der Waals surface area contributed by atoms with Gasteiger partial charge in [0, 0.05) is 19.7 Å². The summed E-state index contributed by atoms with van der Waals surface area (Å²) in [6, 6.07) is 0. The number of halogens is 1. The Morgan fingerprint density at radius 3 is 3.00 bits per heavy atom. The van der Waals surface area contributed by atoms with E-state index in [4.69, 9.17) is 11.6 Å². The van der Waals surface area contributed by atoms with Crippen molar-refractivity contribution in [1.29, 1.82) is 0 Å². The summed E-state index contributed by atoms with van der Waals surface area (Å²) in [4.78, 5) is 0. The number of hydrogen-bond acceptors (Lipinski definition) is 2. The molecular formula is C5H7ClN2. The van der Waals surface area contributed by atoms with Crippen LogP contribution in [0.3, 0.4) is 0 Å². The van der Waals surface area contributed by atoms with E-state index in [1.54, 1.807) is 5.01 Å². The summed E-state index contributed by atoms with van der Waals surface area (Å²) in [5.41, 5.74) is 0. The molecule has 0 aromatic rings. The van der Waals surface area contributed by atoms with Gasteiger partial charge in [0.05, 0.1) is 0 Å². The Morgan fingerprint density at radius 2 is 2.62 bits per heavy atom. The fourth-order valence-electron chi connectivity index (χ4n) is 0.548. The first kappa shape index (κ1) is 5.63. The highest BCUT2D eigenvalue weighted by Crippen LogP contribution is 2.03. The Balaban J connectivity index is 2.60. The summed E-state index contributed by atoms with van der Waals surface area (Å²) in [6.07, 6.45) is 4.62. The molecule has 0 saturated heterocycles. The van der Waals surface area contributed by atoms with Crippen molar-refractivity contribution in [3.8, 4) is 0 Å². The maximum absolute atomic E-state index is 5.57. The van der Waals surface area contributed by atoms with Crippen molar-refractivity contribution >= 4 is 16.8 Å². The second kappa shape index (κ2) is 2.18. The molecule has 0 aliphatic carbocycles. The van der Waals surface area contributed by atoms with E-state index < -0.39 is 0 Å². The second-order valence-electron chi connectivity index (χ2n) is 1.64. The summed E-state index contributed by atoms with van der Waals surface area (Å²) in [6.45, 7) is 0. The van der Waals surface area contributed by atoms with E-state index in [0.29, 0.717) is 5.17 Å². The predicted molar refractivity (Wildman–Crippen MR) is 34.8 cm³/mol. The van der Waals surface area contributed by atoms with Crippen molar-refractivity contribution in [2.24, 2.45) is 5.10 Å². The maximum Gasteiger partial charge on any atom is 0.130 e. The molecule has 0 fully saturated rings. The number of hydrogen-bond donors (Lipinski definition) is 0. The lowest BCUT2D eigenvalue weighted by Gasteiger charge is -2.10. The predicted octanol–water partition coefficient (Wildman–Crippen LogP) is 1.39. The third-order valence-corrected chi connectivity index (χ3v) is 1.10. The molecule has 0 aromatic heterocycles. The molecule has 2 nitrogen and oxygen atoms in total. The quantitative estimate of drug-likeness (QED) is 0.484. The standard InChI is InChI=1S/C5H7ClN2/c1-8-4-2-3-5(6)7-8/h2,4H,3H2,1H3. The zero-order chi connectivity index (χ0) is 5.98. The molecule has 44 valence electrons. The number of rotatable bonds is 0. The lowest BCUT2D eigenvalue weighted by atomic mass is 10.4. The summed E-state index contributed by atoms with van der Waals surface area (Å²) in [5.74, 6) is 0. The van der Waals surface area contributed by atoms with Crippen molar-refractivity contribution in [3.63, 3.8) is 0 Å². The van der Waals surface area contributed by atoms with Crippen LogP contribution in [0.1, 0.15) is 6.42 Å². The smallest absolute Gasteiger partial charge is 0.130 e. The average molecular weight is 131 g/mol. The van der Waals surface area contributed by atoms with Crippen molar-refractivity contribution in [2.45, 2.75) is 6.42 Å². The van der Waals surface area contributed by atoms with Crippen LogP contribution in [0.4, 0.5) is 0 Å². The number of allylic oxidation sites excluding steroid dienone is 1. The monoisotopic (exact) mass is 130 g/mol. The van der Waals surface area contributed by atoms with E-state index in [2.05, 4.69) is 5.10 Å². The molecule has 0 radical (unpaired) electrons. The molecule has 0 unspecified atom stereocenters. The van der Waals surface area contributed by atoms with Crippen LogP contribution in [0.5, 0.6) is 0 Å². The van der Waals surface area contributed by atoms with Gasteiger partial charge >= 0.3 is 0 Å². The van der Waals surface area contributed by atoms with Gasteiger partial charge in [-0.05, 0) is 0 Å². The molecular weight excluding hydrogens is 124 g/mol. The summed E-state index contributed by atoms with van der Waals surface area (Å²) in [5, 5.41) is 6.25. The first-order valence-corrected chi connectivity index (χ1v) is 2.79. The van der Waals surface area contributed by atoms with E-state index in [9.17, 15) is 0 Å². The first-order valence-electron chi connectivity index (χ1n) is 2.41. The van der Waals surface area contributed by atoms with Crippen molar-refractivity contribution in [1.82, 2.24) is 5.01 Å². The number of nitrogens with zero attached hydrogens (tertiary/aromatic N) is 2. The van der Waals surface area contributed by atoms with E-state index in [1.807, 2.05) is 19.3 Å². The van der Waals surface area contributed by atoms with Gasteiger partial charge in [0.15, 0.2) is 0 Å². The zero-order valence-corrected chi connectivity index (χ0v) is 5.39. The normalized spacial score (nSPS) is 18.8. The Hall–Kier alpha value is -0.500. The van der Waals surface area contributed by atoms with Gasteiger partial charge in [-0.25, -0.2) is 0 Å². The van der Waals surface area contributed by atoms with E-state index in [-0.39, 0.29) is 0 Å². The third kappa shape index (κ3) is 1.23.